The second kappa shape index (κ2) is 5.05. The van der Waals surface area contributed by atoms with Crippen LogP contribution in [0.3, 0.4) is 0 Å². The summed E-state index contributed by atoms with van der Waals surface area (Å²) in [6.45, 7) is 1.96. The Labute approximate surface area is 105 Å². The van der Waals surface area contributed by atoms with E-state index in [1.807, 2.05) is 0 Å². The molecule has 6 nitrogen and oxygen atoms in total. The zero-order chi connectivity index (χ0) is 12.3. The highest BCUT2D eigenvalue weighted by atomic mass is 79.9. The van der Waals surface area contributed by atoms with E-state index < -0.39 is 5.97 Å². The number of carbonyl (C=O) groups is 1. The smallest absolute Gasteiger partial charge is 0.379 e. The van der Waals surface area contributed by atoms with Gasteiger partial charge in [-0.1, -0.05) is 0 Å². The van der Waals surface area contributed by atoms with Crippen molar-refractivity contribution < 1.29 is 14.1 Å². The van der Waals surface area contributed by atoms with Crippen molar-refractivity contribution in [1.82, 2.24) is 15.1 Å². The Morgan fingerprint density at radius 1 is 1.59 bits per heavy atom. The molecule has 0 radical (unpaired) electrons. The Kier molecular flexibility index (Phi) is 3.48. The number of esters is 1. The van der Waals surface area contributed by atoms with E-state index in [1.54, 1.807) is 25.3 Å². The zero-order valence-electron chi connectivity index (χ0n) is 8.88. The molecule has 0 bridgehead atoms. The highest BCUT2D eigenvalue weighted by Crippen LogP contribution is 2.23. The molecule has 0 amide bonds. The number of hydrogen-bond acceptors (Lipinski definition) is 6. The van der Waals surface area contributed by atoms with Crippen LogP contribution in [0.5, 0.6) is 0 Å². The molecule has 0 aliphatic heterocycles. The summed E-state index contributed by atoms with van der Waals surface area (Å²) < 4.78 is 10.4. The lowest BCUT2D eigenvalue weighted by Gasteiger charge is -1.95. The van der Waals surface area contributed by atoms with Gasteiger partial charge in [-0.2, -0.15) is 4.98 Å². The first-order valence-electron chi connectivity index (χ1n) is 4.84. The van der Waals surface area contributed by atoms with Gasteiger partial charge < -0.3 is 9.26 Å². The van der Waals surface area contributed by atoms with Crippen molar-refractivity contribution in [2.24, 2.45) is 0 Å². The highest BCUT2D eigenvalue weighted by Gasteiger charge is 2.18. The van der Waals surface area contributed by atoms with Gasteiger partial charge in [0.05, 0.1) is 6.61 Å². The number of aromatic nitrogens is 3. The molecule has 0 fully saturated rings. The third-order valence-electron chi connectivity index (χ3n) is 1.85. The van der Waals surface area contributed by atoms with Gasteiger partial charge in [-0.15, -0.1) is 0 Å². The molecule has 0 unspecified atom stereocenters. The second-order valence-corrected chi connectivity index (χ2v) is 3.83. The minimum atomic E-state index is -0.616. The maximum Gasteiger partial charge on any atom is 0.379 e. The first kappa shape index (κ1) is 11.7. The largest absolute Gasteiger partial charge is 0.460 e. The number of rotatable bonds is 3. The lowest BCUT2D eigenvalue weighted by molar-refractivity contribution is 0.0508. The fourth-order valence-corrected chi connectivity index (χ4v) is 1.57. The van der Waals surface area contributed by atoms with Crippen molar-refractivity contribution in [3.05, 3.63) is 28.6 Å². The third-order valence-corrected chi connectivity index (χ3v) is 2.48. The van der Waals surface area contributed by atoms with Gasteiger partial charge in [0, 0.05) is 10.7 Å². The minimum absolute atomic E-state index is 0.112. The SMILES string of the molecule is CCOC(=O)c1noc(-c2ncccc2Br)n1. The maximum atomic E-state index is 11.3. The third kappa shape index (κ3) is 2.50. The van der Waals surface area contributed by atoms with Crippen molar-refractivity contribution >= 4 is 21.9 Å². The Morgan fingerprint density at radius 3 is 3.12 bits per heavy atom. The van der Waals surface area contributed by atoms with E-state index in [-0.39, 0.29) is 18.3 Å². The summed E-state index contributed by atoms with van der Waals surface area (Å²) in [6, 6.07) is 3.55. The van der Waals surface area contributed by atoms with Gasteiger partial charge in [0.15, 0.2) is 0 Å². The molecule has 7 heteroatoms. The average molecular weight is 298 g/mol. The molecule has 2 aromatic rings. The normalized spacial score (nSPS) is 10.2. The summed E-state index contributed by atoms with van der Waals surface area (Å²) in [5, 5.41) is 3.53. The molecule has 2 aromatic heterocycles. The van der Waals surface area contributed by atoms with Crippen molar-refractivity contribution in [3.63, 3.8) is 0 Å². The molecule has 0 atom stereocenters. The Bertz CT molecular complexity index is 541. The van der Waals surface area contributed by atoms with E-state index in [0.29, 0.717) is 10.2 Å². The minimum Gasteiger partial charge on any atom is -0.460 e. The Hall–Kier alpha value is -1.76. The predicted octanol–water partition coefficient (Wildman–Crippen LogP) is 2.07. The van der Waals surface area contributed by atoms with Gasteiger partial charge in [0.25, 0.3) is 11.7 Å². The molecule has 88 valence electrons. The number of nitrogens with zero attached hydrogens (tertiary/aromatic N) is 3. The zero-order valence-corrected chi connectivity index (χ0v) is 10.5. The van der Waals surface area contributed by atoms with Crippen LogP contribution in [0.4, 0.5) is 0 Å². The predicted molar refractivity (Wildman–Crippen MR) is 61.2 cm³/mol. The number of halogens is 1. The number of carbonyl (C=O) groups excluding carboxylic acids is 1. The van der Waals surface area contributed by atoms with E-state index >= 15 is 0 Å². The summed E-state index contributed by atoms with van der Waals surface area (Å²) in [7, 11) is 0. The van der Waals surface area contributed by atoms with Gasteiger partial charge in [0.2, 0.25) is 0 Å². The van der Waals surface area contributed by atoms with Gasteiger partial charge in [-0.05, 0) is 40.1 Å². The van der Waals surface area contributed by atoms with Crippen LogP contribution in [0.1, 0.15) is 17.5 Å². The Balaban J connectivity index is 2.30. The fourth-order valence-electron chi connectivity index (χ4n) is 1.14. The molecule has 0 aliphatic carbocycles. The van der Waals surface area contributed by atoms with Crippen LogP contribution in [0.15, 0.2) is 27.3 Å². The monoisotopic (exact) mass is 297 g/mol. The molecule has 0 saturated heterocycles. The van der Waals surface area contributed by atoms with Crippen LogP contribution >= 0.6 is 15.9 Å². The average Bonchev–Trinajstić information content (AvgIpc) is 2.79. The lowest BCUT2D eigenvalue weighted by atomic mass is 10.3. The summed E-state index contributed by atoms with van der Waals surface area (Å²) >= 11 is 3.30. The van der Waals surface area contributed by atoms with Crippen molar-refractivity contribution in [3.8, 4) is 11.6 Å². The van der Waals surface area contributed by atoms with Gasteiger partial charge in [-0.3, -0.25) is 0 Å². The first-order chi connectivity index (χ1) is 8.22. The van der Waals surface area contributed by atoms with Crippen LogP contribution in [0, 0.1) is 0 Å². The van der Waals surface area contributed by atoms with Crippen LogP contribution in [-0.2, 0) is 4.74 Å². The maximum absolute atomic E-state index is 11.3. The number of hydrogen-bond donors (Lipinski definition) is 0. The summed E-state index contributed by atoms with van der Waals surface area (Å²) in [4.78, 5) is 19.3. The lowest BCUT2D eigenvalue weighted by Crippen LogP contribution is -2.06. The van der Waals surface area contributed by atoms with Crippen molar-refractivity contribution in [1.29, 1.82) is 0 Å². The molecule has 0 saturated carbocycles. The molecule has 0 N–H and O–H groups in total. The molecule has 0 aromatic carbocycles. The van der Waals surface area contributed by atoms with Gasteiger partial charge >= 0.3 is 5.97 Å². The summed E-state index contributed by atoms with van der Waals surface area (Å²) in [6.07, 6.45) is 1.59. The number of ether oxygens (including phenoxy) is 1. The molecular formula is C10H8BrN3O3. The van der Waals surface area contributed by atoms with Crippen molar-refractivity contribution in [2.45, 2.75) is 6.92 Å². The van der Waals surface area contributed by atoms with E-state index in [0.717, 1.165) is 0 Å². The van der Waals surface area contributed by atoms with Gasteiger partial charge in [-0.25, -0.2) is 9.78 Å². The van der Waals surface area contributed by atoms with E-state index in [1.165, 1.54) is 0 Å². The van der Waals surface area contributed by atoms with Crippen LogP contribution < -0.4 is 0 Å². The number of pyridine rings is 1. The van der Waals surface area contributed by atoms with E-state index in [4.69, 9.17) is 9.26 Å². The molecule has 2 rings (SSSR count). The van der Waals surface area contributed by atoms with Crippen LogP contribution in [-0.4, -0.2) is 27.7 Å². The summed E-state index contributed by atoms with van der Waals surface area (Å²) in [5.41, 5.74) is 0.482. The fraction of sp³-hybridized carbons (Fsp3) is 0.200. The summed E-state index contributed by atoms with van der Waals surface area (Å²) in [5.74, 6) is -0.561. The molecule has 0 spiro atoms. The van der Waals surface area contributed by atoms with Crippen LogP contribution in [0.2, 0.25) is 0 Å². The van der Waals surface area contributed by atoms with Crippen molar-refractivity contribution in [2.75, 3.05) is 6.61 Å². The van der Waals surface area contributed by atoms with E-state index in [9.17, 15) is 4.79 Å². The molecule has 2 heterocycles. The van der Waals surface area contributed by atoms with Crippen LogP contribution in [0.25, 0.3) is 11.6 Å². The topological polar surface area (TPSA) is 78.1 Å². The molecule has 17 heavy (non-hydrogen) atoms. The quantitative estimate of drug-likeness (QED) is 0.807. The molecule has 0 aliphatic rings. The second-order valence-electron chi connectivity index (χ2n) is 2.98. The van der Waals surface area contributed by atoms with E-state index in [2.05, 4.69) is 31.1 Å². The molecular weight excluding hydrogens is 290 g/mol. The van der Waals surface area contributed by atoms with Gasteiger partial charge in [0.1, 0.15) is 5.69 Å². The first-order valence-corrected chi connectivity index (χ1v) is 5.63. The standard InChI is InChI=1S/C10H8BrN3O3/c1-2-16-10(15)8-13-9(17-14-8)7-6(11)4-3-5-12-7/h3-5H,2H2,1H3. The highest BCUT2D eigenvalue weighted by molar-refractivity contribution is 9.10. The Morgan fingerprint density at radius 2 is 2.41 bits per heavy atom.